The van der Waals surface area contributed by atoms with E-state index in [9.17, 15) is 28.5 Å². The van der Waals surface area contributed by atoms with Crippen molar-refractivity contribution in [1.82, 2.24) is 19.9 Å². The summed E-state index contributed by atoms with van der Waals surface area (Å²) in [6, 6.07) is -0.763. The molecule has 1 aliphatic carbocycles. The molecule has 6 atom stereocenters. The molecule has 1 saturated carbocycles. The number of aliphatic hydroxyl groups excluding tert-OH is 3. The lowest BCUT2D eigenvalue weighted by Gasteiger charge is -2.27. The molecule has 0 spiro atoms. The molecule has 38 heavy (non-hydrogen) atoms. The fourth-order valence-electron chi connectivity index (χ4n) is 4.87. The summed E-state index contributed by atoms with van der Waals surface area (Å²) in [6.45, 7) is 3.18. The van der Waals surface area contributed by atoms with Gasteiger partial charge in [-0.3, -0.25) is 4.98 Å². The van der Waals surface area contributed by atoms with Crippen molar-refractivity contribution >= 4 is 45.1 Å². The fourth-order valence-corrected chi connectivity index (χ4v) is 6.93. The van der Waals surface area contributed by atoms with Crippen LogP contribution in [0.3, 0.4) is 0 Å². The van der Waals surface area contributed by atoms with Crippen molar-refractivity contribution in [2.45, 2.75) is 50.7 Å². The highest BCUT2D eigenvalue weighted by Gasteiger charge is 2.45. The lowest BCUT2D eigenvalue weighted by molar-refractivity contribution is -0.148. The van der Waals surface area contributed by atoms with Crippen LogP contribution in [0.2, 0.25) is 0 Å². The molecular weight excluding hydrogens is 541 g/mol. The number of alkyl halides is 3. The second-order valence-corrected chi connectivity index (χ2v) is 11.5. The van der Waals surface area contributed by atoms with Crippen LogP contribution in [0.15, 0.2) is 23.7 Å². The summed E-state index contributed by atoms with van der Waals surface area (Å²) in [5.41, 5.74) is 2.29. The first-order chi connectivity index (χ1) is 18.1. The van der Waals surface area contributed by atoms with Crippen molar-refractivity contribution in [3.63, 3.8) is 0 Å². The highest BCUT2D eigenvalue weighted by molar-refractivity contribution is 8.02. The second kappa shape index (κ2) is 10.6. The van der Waals surface area contributed by atoms with E-state index in [1.165, 1.54) is 29.2 Å². The molecule has 1 aliphatic heterocycles. The number of halogens is 3. The molecule has 3 aromatic rings. The van der Waals surface area contributed by atoms with Gasteiger partial charge in [-0.05, 0) is 31.7 Å². The number of aryl methyl sites for hydroxylation is 2. The molecule has 5 rings (SSSR count). The van der Waals surface area contributed by atoms with Gasteiger partial charge in [0.25, 0.3) is 0 Å². The number of nitrogens with one attached hydrogen (secondary N) is 2. The lowest BCUT2D eigenvalue weighted by Crippen LogP contribution is -2.43. The van der Waals surface area contributed by atoms with Crippen molar-refractivity contribution in [2.75, 3.05) is 23.0 Å². The van der Waals surface area contributed by atoms with Crippen molar-refractivity contribution < 1.29 is 28.5 Å². The van der Waals surface area contributed by atoms with Gasteiger partial charge >= 0.3 is 6.18 Å². The molecule has 0 bridgehead atoms. The number of pyridine rings is 1. The van der Waals surface area contributed by atoms with Gasteiger partial charge in [-0.1, -0.05) is 6.08 Å². The molecule has 204 valence electrons. The average Bonchev–Trinajstić information content (AvgIpc) is 3.59. The third-order valence-electron chi connectivity index (χ3n) is 6.93. The van der Waals surface area contributed by atoms with Crippen LogP contribution in [0.1, 0.15) is 17.8 Å². The van der Waals surface area contributed by atoms with Crippen LogP contribution in [0, 0.1) is 25.7 Å². The topological polar surface area (TPSA) is 136 Å². The summed E-state index contributed by atoms with van der Waals surface area (Å²) in [4.78, 5) is 17.8. The predicted molar refractivity (Wildman–Crippen MR) is 141 cm³/mol. The number of aliphatic hydroxyl groups is 3. The van der Waals surface area contributed by atoms with E-state index in [0.717, 1.165) is 10.4 Å². The second-order valence-electron chi connectivity index (χ2n) is 9.52. The van der Waals surface area contributed by atoms with Gasteiger partial charge in [0.2, 0.25) is 5.95 Å². The average molecular weight is 569 g/mol. The predicted octanol–water partition coefficient (Wildman–Crippen LogP) is 3.50. The maximum Gasteiger partial charge on any atom is 0.409 e. The maximum atomic E-state index is 14.0. The number of hydrogen-bond donors (Lipinski definition) is 5. The van der Waals surface area contributed by atoms with E-state index >= 15 is 0 Å². The van der Waals surface area contributed by atoms with E-state index < -0.39 is 42.3 Å². The van der Waals surface area contributed by atoms with E-state index in [-0.39, 0.29) is 30.5 Å². The lowest BCUT2D eigenvalue weighted by atomic mass is 10.0. The maximum absolute atomic E-state index is 14.0. The monoisotopic (exact) mass is 568 g/mol. The third-order valence-corrected chi connectivity index (χ3v) is 8.89. The number of hydrogen-bond acceptors (Lipinski definition) is 11. The Labute approximate surface area is 224 Å². The van der Waals surface area contributed by atoms with Crippen molar-refractivity contribution in [1.29, 1.82) is 0 Å². The zero-order valence-corrected chi connectivity index (χ0v) is 22.1. The Balaban J connectivity index is 1.57. The van der Waals surface area contributed by atoms with Gasteiger partial charge in [0.05, 0.1) is 33.8 Å². The van der Waals surface area contributed by atoms with Crippen LogP contribution >= 0.6 is 23.1 Å². The number of rotatable bonds is 7. The van der Waals surface area contributed by atoms with Gasteiger partial charge in [0.1, 0.15) is 28.5 Å². The fraction of sp³-hybridized carbons (Fsp3) is 0.500. The van der Waals surface area contributed by atoms with Gasteiger partial charge in [0, 0.05) is 30.4 Å². The molecule has 14 heteroatoms. The summed E-state index contributed by atoms with van der Waals surface area (Å²) in [7, 11) is 0. The zero-order valence-electron chi connectivity index (χ0n) is 20.5. The quantitative estimate of drug-likeness (QED) is 0.288. The summed E-state index contributed by atoms with van der Waals surface area (Å²) in [6.07, 6.45) is -3.47. The Morgan fingerprint density at radius 3 is 2.55 bits per heavy atom. The molecule has 1 unspecified atom stereocenters. The van der Waals surface area contributed by atoms with E-state index in [1.807, 2.05) is 13.0 Å². The van der Waals surface area contributed by atoms with Gasteiger partial charge in [-0.15, -0.1) is 23.1 Å². The number of aromatic nitrogens is 4. The first-order valence-corrected chi connectivity index (χ1v) is 13.9. The van der Waals surface area contributed by atoms with E-state index in [2.05, 4.69) is 25.6 Å². The first-order valence-electron chi connectivity index (χ1n) is 12.0. The molecule has 0 radical (unpaired) electrons. The van der Waals surface area contributed by atoms with Crippen LogP contribution in [-0.2, 0) is 0 Å². The number of anilines is 2. The number of thiazole rings is 1. The SMILES string of the molecule is Cc1nc(N[C@@H](C2C=CSC2)C(F)(F)F)nc(N[C@@H]2C[C@H](CO)[C@@H](O)[C@H]2O)c1-c1nc2c(C)nccc2s1. The molecule has 2 aliphatic rings. The summed E-state index contributed by atoms with van der Waals surface area (Å²) < 4.78 is 42.8. The number of nitrogens with zero attached hydrogens (tertiary/aromatic N) is 4. The summed E-state index contributed by atoms with van der Waals surface area (Å²) in [5.74, 6) is -1.09. The number of thioether (sulfide) groups is 1. The zero-order chi connectivity index (χ0) is 27.2. The van der Waals surface area contributed by atoms with Crippen LogP contribution in [0.5, 0.6) is 0 Å². The Bertz CT molecular complexity index is 1350. The molecule has 9 nitrogen and oxygen atoms in total. The molecule has 0 saturated heterocycles. The van der Waals surface area contributed by atoms with Gasteiger partial charge < -0.3 is 26.0 Å². The van der Waals surface area contributed by atoms with Crippen LogP contribution in [0.4, 0.5) is 24.9 Å². The molecule has 0 amide bonds. The van der Waals surface area contributed by atoms with Gasteiger partial charge in [-0.25, -0.2) is 9.97 Å². The Kier molecular flexibility index (Phi) is 7.52. The van der Waals surface area contributed by atoms with E-state index in [0.29, 0.717) is 21.8 Å². The van der Waals surface area contributed by atoms with Crippen molar-refractivity contribution in [3.05, 3.63) is 35.1 Å². The highest BCUT2D eigenvalue weighted by Crippen LogP contribution is 2.40. The first kappa shape index (κ1) is 27.1. The van der Waals surface area contributed by atoms with Crippen molar-refractivity contribution in [2.24, 2.45) is 11.8 Å². The smallest absolute Gasteiger partial charge is 0.396 e. The Morgan fingerprint density at radius 1 is 1.13 bits per heavy atom. The van der Waals surface area contributed by atoms with Gasteiger partial charge in [-0.2, -0.15) is 18.2 Å². The Morgan fingerprint density at radius 2 is 1.92 bits per heavy atom. The standard InChI is InChI=1S/C24H27F3N6O3S2/c1-10-16(22-31-17-11(2)28-5-3-15(17)38-22)21(30-14-7-13(8-34)18(35)19(14)36)33-23(29-10)32-20(24(25,26)27)12-4-6-37-9-12/h3-6,12-14,18-20,34-36H,7-9H2,1-2H3,(H2,29,30,32,33)/t12?,13-,14-,18-,19+,20+/m1/s1. The molecule has 5 N–H and O–H groups in total. The Hall–Kier alpha value is -2.52. The van der Waals surface area contributed by atoms with Crippen LogP contribution < -0.4 is 10.6 Å². The van der Waals surface area contributed by atoms with Crippen LogP contribution in [0.25, 0.3) is 20.8 Å². The van der Waals surface area contributed by atoms with Gasteiger partial charge in [0.15, 0.2) is 0 Å². The minimum atomic E-state index is -4.54. The summed E-state index contributed by atoms with van der Waals surface area (Å²) >= 11 is 2.68. The van der Waals surface area contributed by atoms with Crippen LogP contribution in [-0.4, -0.2) is 78.1 Å². The third kappa shape index (κ3) is 5.19. The number of fused-ring (bicyclic) bond motifs is 1. The molecule has 4 heterocycles. The molecule has 0 aromatic carbocycles. The van der Waals surface area contributed by atoms with E-state index in [1.54, 1.807) is 18.5 Å². The minimum absolute atomic E-state index is 0.178. The van der Waals surface area contributed by atoms with E-state index in [4.69, 9.17) is 4.98 Å². The summed E-state index contributed by atoms with van der Waals surface area (Å²) in [5, 5.41) is 38.3. The minimum Gasteiger partial charge on any atom is -0.396 e. The molecule has 1 fully saturated rings. The molecular formula is C24H27F3N6O3S2. The molecule has 3 aromatic heterocycles. The normalized spacial score (nSPS) is 26.3. The highest BCUT2D eigenvalue weighted by atomic mass is 32.2. The largest absolute Gasteiger partial charge is 0.409 e. The van der Waals surface area contributed by atoms with Crippen molar-refractivity contribution in [3.8, 4) is 10.6 Å².